The van der Waals surface area contributed by atoms with E-state index in [9.17, 15) is 14.0 Å². The van der Waals surface area contributed by atoms with E-state index in [1.807, 2.05) is 31.2 Å². The van der Waals surface area contributed by atoms with Crippen molar-refractivity contribution in [2.24, 2.45) is 23.7 Å². The third kappa shape index (κ3) is 2.58. The van der Waals surface area contributed by atoms with E-state index in [0.29, 0.717) is 23.8 Å². The highest BCUT2D eigenvalue weighted by molar-refractivity contribution is 6.22. The number of carbonyl (C=O) groups excluding carboxylic acids is 2. The zero-order chi connectivity index (χ0) is 19.6. The van der Waals surface area contributed by atoms with Gasteiger partial charge in [0.25, 0.3) is 0 Å². The molecule has 1 aromatic carbocycles. The van der Waals surface area contributed by atoms with Crippen molar-refractivity contribution in [3.05, 3.63) is 52.9 Å². The number of carbonyl (C=O) groups is 2. The fraction of sp³-hybridized carbons (Fsp3) is 0.500. The zero-order valence-electron chi connectivity index (χ0n) is 16.0. The molecule has 1 aromatic rings. The summed E-state index contributed by atoms with van der Waals surface area (Å²) in [6.07, 6.45) is 7.77. The van der Waals surface area contributed by atoms with Crippen LogP contribution < -0.4 is 0 Å². The van der Waals surface area contributed by atoms with Crippen molar-refractivity contribution in [2.45, 2.75) is 50.3 Å². The summed E-state index contributed by atoms with van der Waals surface area (Å²) in [7, 11) is 0. The number of ketones is 2. The van der Waals surface area contributed by atoms with Gasteiger partial charge in [-0.2, -0.15) is 0 Å². The molecule has 5 unspecified atom stereocenters. The van der Waals surface area contributed by atoms with Crippen LogP contribution in [-0.4, -0.2) is 16.9 Å². The molecule has 0 heterocycles. The predicted molar refractivity (Wildman–Crippen MR) is 108 cm³/mol. The highest BCUT2D eigenvalue weighted by Crippen LogP contribution is 2.59. The second kappa shape index (κ2) is 6.66. The van der Waals surface area contributed by atoms with Crippen LogP contribution in [0.5, 0.6) is 0 Å². The van der Waals surface area contributed by atoms with Gasteiger partial charge in [-0.1, -0.05) is 25.1 Å². The maximum absolute atomic E-state index is 14.5. The van der Waals surface area contributed by atoms with Gasteiger partial charge < -0.3 is 0 Å². The quantitative estimate of drug-likeness (QED) is 0.505. The van der Waals surface area contributed by atoms with Gasteiger partial charge in [-0.05, 0) is 72.8 Å². The molecule has 146 valence electrons. The highest BCUT2D eigenvalue weighted by Gasteiger charge is 2.61. The van der Waals surface area contributed by atoms with Crippen LogP contribution in [0.4, 0.5) is 4.39 Å². The van der Waals surface area contributed by atoms with Crippen molar-refractivity contribution in [1.82, 2.24) is 0 Å². The minimum Gasteiger partial charge on any atom is -0.298 e. The van der Waals surface area contributed by atoms with Gasteiger partial charge >= 0.3 is 0 Å². The van der Waals surface area contributed by atoms with Crippen LogP contribution in [0, 0.1) is 23.7 Å². The summed E-state index contributed by atoms with van der Waals surface area (Å²) in [4.78, 5) is 26.6. The lowest BCUT2D eigenvalue weighted by Crippen LogP contribution is -2.24. The Labute approximate surface area is 169 Å². The van der Waals surface area contributed by atoms with Gasteiger partial charge in [-0.3, -0.25) is 9.59 Å². The van der Waals surface area contributed by atoms with Gasteiger partial charge in [-0.25, -0.2) is 4.39 Å². The third-order valence-corrected chi connectivity index (χ3v) is 7.73. The molecular weight excluding hydrogens is 375 g/mol. The SMILES string of the molecule is CCc1ccc(C2=CCC(Cl)C=C2F)cc1C1C(=O)C2C3CCC(C3)C2C1=O. The van der Waals surface area contributed by atoms with E-state index in [1.165, 1.54) is 6.08 Å². The Bertz CT molecular complexity index is 903. The van der Waals surface area contributed by atoms with Gasteiger partial charge in [-0.15, -0.1) is 11.6 Å². The Morgan fingerprint density at radius 1 is 1.11 bits per heavy atom. The van der Waals surface area contributed by atoms with Gasteiger partial charge in [0, 0.05) is 17.4 Å². The molecule has 3 fully saturated rings. The van der Waals surface area contributed by atoms with Gasteiger partial charge in [0.05, 0.1) is 5.38 Å². The largest absolute Gasteiger partial charge is 0.298 e. The van der Waals surface area contributed by atoms with Crippen LogP contribution in [0.25, 0.3) is 5.57 Å². The number of alkyl halides is 1. The number of aryl methyl sites for hydroxylation is 1. The minimum atomic E-state index is -0.662. The number of halogens is 2. The molecule has 3 saturated carbocycles. The fourth-order valence-corrected chi connectivity index (χ4v) is 6.39. The number of benzene rings is 1. The number of rotatable bonds is 3. The van der Waals surface area contributed by atoms with Crippen molar-refractivity contribution in [2.75, 3.05) is 0 Å². The Morgan fingerprint density at radius 3 is 2.39 bits per heavy atom. The second-order valence-electron chi connectivity index (χ2n) is 8.77. The predicted octanol–water partition coefficient (Wildman–Crippen LogP) is 5.39. The first kappa shape index (κ1) is 18.3. The van der Waals surface area contributed by atoms with Crippen LogP contribution in [0.15, 0.2) is 36.2 Å². The molecule has 4 heteroatoms. The van der Waals surface area contributed by atoms with Crippen molar-refractivity contribution in [1.29, 1.82) is 0 Å². The van der Waals surface area contributed by atoms with E-state index < -0.39 is 5.92 Å². The molecule has 5 rings (SSSR count). The smallest absolute Gasteiger partial charge is 0.151 e. The van der Waals surface area contributed by atoms with E-state index in [1.54, 1.807) is 0 Å². The van der Waals surface area contributed by atoms with E-state index in [4.69, 9.17) is 11.6 Å². The maximum Gasteiger partial charge on any atom is 0.151 e. The van der Waals surface area contributed by atoms with E-state index in [-0.39, 0.29) is 34.6 Å². The highest BCUT2D eigenvalue weighted by atomic mass is 35.5. The minimum absolute atomic E-state index is 0.0767. The Kier molecular flexibility index (Phi) is 4.35. The van der Waals surface area contributed by atoms with Crippen LogP contribution in [-0.2, 0) is 16.0 Å². The summed E-state index contributed by atoms with van der Waals surface area (Å²) in [5, 5.41) is -0.328. The van der Waals surface area contributed by atoms with Gasteiger partial charge in [0.1, 0.15) is 11.7 Å². The van der Waals surface area contributed by atoms with Crippen LogP contribution in [0.3, 0.4) is 0 Å². The first-order valence-electron chi connectivity index (χ1n) is 10.4. The molecule has 2 bridgehead atoms. The maximum atomic E-state index is 14.5. The second-order valence-corrected chi connectivity index (χ2v) is 9.33. The summed E-state index contributed by atoms with van der Waals surface area (Å²) >= 11 is 6.02. The number of Topliss-reactive ketones (excluding diaryl/α,β-unsaturated/α-hetero) is 2. The van der Waals surface area contributed by atoms with Crippen LogP contribution >= 0.6 is 11.6 Å². The molecule has 0 aliphatic heterocycles. The van der Waals surface area contributed by atoms with E-state index >= 15 is 0 Å². The summed E-state index contributed by atoms with van der Waals surface area (Å²) < 4.78 is 14.5. The molecule has 4 aliphatic rings. The summed E-state index contributed by atoms with van der Waals surface area (Å²) in [6.45, 7) is 2.03. The molecule has 0 radical (unpaired) electrons. The van der Waals surface area contributed by atoms with E-state index in [2.05, 4.69) is 0 Å². The van der Waals surface area contributed by atoms with Crippen LogP contribution in [0.1, 0.15) is 55.2 Å². The van der Waals surface area contributed by atoms with E-state index in [0.717, 1.165) is 42.4 Å². The summed E-state index contributed by atoms with van der Waals surface area (Å²) in [5.41, 5.74) is 3.05. The fourth-order valence-electron chi connectivity index (χ4n) is 6.20. The Hall–Kier alpha value is -1.74. The lowest BCUT2D eigenvalue weighted by atomic mass is 9.81. The monoisotopic (exact) mass is 398 g/mol. The number of hydrogen-bond acceptors (Lipinski definition) is 2. The Morgan fingerprint density at radius 2 is 1.79 bits per heavy atom. The molecule has 0 amide bonds. The lowest BCUT2D eigenvalue weighted by molar-refractivity contribution is -0.125. The molecule has 4 aliphatic carbocycles. The van der Waals surface area contributed by atoms with Gasteiger partial charge in [0.15, 0.2) is 11.6 Å². The standard InChI is InChI=1S/C24H24ClFO2/c1-2-12-3-4-13(17-8-7-16(25)11-19(17)26)10-18(12)22-23(27)20-14-5-6-15(9-14)21(20)24(22)28/h3-4,8,10-11,14-16,20-22H,2,5-7,9H2,1H3. The number of hydrogen-bond donors (Lipinski definition) is 0. The topological polar surface area (TPSA) is 34.1 Å². The normalized spacial score (nSPS) is 36.5. The molecule has 2 nitrogen and oxygen atoms in total. The lowest BCUT2D eigenvalue weighted by Gasteiger charge is -2.21. The van der Waals surface area contributed by atoms with Crippen molar-refractivity contribution in [3.63, 3.8) is 0 Å². The van der Waals surface area contributed by atoms with Gasteiger partial charge in [0.2, 0.25) is 0 Å². The molecular formula is C24H24ClFO2. The molecule has 0 N–H and O–H groups in total. The van der Waals surface area contributed by atoms with Crippen molar-refractivity contribution in [3.8, 4) is 0 Å². The molecule has 28 heavy (non-hydrogen) atoms. The Balaban J connectivity index is 1.56. The average molecular weight is 399 g/mol. The average Bonchev–Trinajstić information content (AvgIpc) is 3.35. The molecule has 0 saturated heterocycles. The zero-order valence-corrected chi connectivity index (χ0v) is 16.7. The summed E-state index contributed by atoms with van der Waals surface area (Å²) in [5.74, 6) is -0.129. The molecule has 0 spiro atoms. The van der Waals surface area contributed by atoms with Crippen molar-refractivity contribution < 1.29 is 14.0 Å². The molecule has 5 atom stereocenters. The first-order valence-corrected chi connectivity index (χ1v) is 10.9. The van der Waals surface area contributed by atoms with Crippen molar-refractivity contribution >= 4 is 28.7 Å². The number of allylic oxidation sites excluding steroid dienone is 4. The molecule has 0 aromatic heterocycles. The van der Waals surface area contributed by atoms with Crippen LogP contribution in [0.2, 0.25) is 0 Å². The first-order chi connectivity index (χ1) is 13.5. The number of fused-ring (bicyclic) bond motifs is 5. The third-order valence-electron chi connectivity index (χ3n) is 7.42. The summed E-state index contributed by atoms with van der Waals surface area (Å²) in [6, 6.07) is 5.73.